The Morgan fingerprint density at radius 1 is 1.19 bits per heavy atom. The molecule has 21 heavy (non-hydrogen) atoms. The van der Waals surface area contributed by atoms with Crippen molar-refractivity contribution in [3.05, 3.63) is 59.1 Å². The zero-order valence-electron chi connectivity index (χ0n) is 12.4. The van der Waals surface area contributed by atoms with Crippen molar-refractivity contribution >= 4 is 28.9 Å². The van der Waals surface area contributed by atoms with Gasteiger partial charge < -0.3 is 10.2 Å². The van der Waals surface area contributed by atoms with Crippen LogP contribution in [0, 0.1) is 6.92 Å². The molecule has 0 aliphatic rings. The maximum absolute atomic E-state index is 12.4. The third kappa shape index (κ3) is 3.76. The molecule has 2 aromatic carbocycles. The van der Waals surface area contributed by atoms with Crippen molar-refractivity contribution in [3.8, 4) is 0 Å². The Balaban J connectivity index is 2.07. The third-order valence-electron chi connectivity index (χ3n) is 3.40. The van der Waals surface area contributed by atoms with Crippen LogP contribution >= 0.6 is 11.6 Å². The molecule has 0 aliphatic carbocycles. The summed E-state index contributed by atoms with van der Waals surface area (Å²) in [4.78, 5) is 14.1. The molecule has 0 saturated carbocycles. The molecule has 0 spiro atoms. The molecule has 0 unspecified atom stereocenters. The summed E-state index contributed by atoms with van der Waals surface area (Å²) in [5.41, 5.74) is 2.73. The summed E-state index contributed by atoms with van der Waals surface area (Å²) in [5, 5.41) is 3.88. The van der Waals surface area contributed by atoms with E-state index in [1.54, 1.807) is 11.9 Å². The molecule has 0 radical (unpaired) electrons. The number of nitrogens with zero attached hydrogens (tertiary/aromatic N) is 1. The highest BCUT2D eigenvalue weighted by Crippen LogP contribution is 2.21. The highest BCUT2D eigenvalue weighted by Gasteiger charge is 2.18. The molecule has 1 N–H and O–H groups in total. The van der Waals surface area contributed by atoms with Crippen LogP contribution in [-0.2, 0) is 4.79 Å². The maximum atomic E-state index is 12.4. The number of aryl methyl sites for hydroxylation is 1. The van der Waals surface area contributed by atoms with Gasteiger partial charge in [0, 0.05) is 23.4 Å². The topological polar surface area (TPSA) is 32.3 Å². The largest absolute Gasteiger partial charge is 0.374 e. The fraction of sp³-hybridized carbons (Fsp3) is 0.235. The minimum atomic E-state index is -0.339. The van der Waals surface area contributed by atoms with Crippen molar-refractivity contribution in [2.24, 2.45) is 0 Å². The van der Waals surface area contributed by atoms with E-state index in [2.05, 4.69) is 5.32 Å². The van der Waals surface area contributed by atoms with Crippen LogP contribution in [-0.4, -0.2) is 19.0 Å². The van der Waals surface area contributed by atoms with Gasteiger partial charge in [-0.25, -0.2) is 0 Å². The lowest BCUT2D eigenvalue weighted by molar-refractivity contribution is -0.118. The number of carbonyl (C=O) groups excluding carboxylic acids is 1. The zero-order valence-corrected chi connectivity index (χ0v) is 13.2. The van der Waals surface area contributed by atoms with Crippen LogP contribution < -0.4 is 10.2 Å². The van der Waals surface area contributed by atoms with Gasteiger partial charge in [-0.3, -0.25) is 4.79 Å². The van der Waals surface area contributed by atoms with E-state index in [9.17, 15) is 4.79 Å². The van der Waals surface area contributed by atoms with Crippen LogP contribution in [0.3, 0.4) is 0 Å². The van der Waals surface area contributed by atoms with Crippen LogP contribution in [0.5, 0.6) is 0 Å². The molecular weight excluding hydrogens is 284 g/mol. The number of likely N-dealkylation sites (N-methyl/N-ethyl adjacent to an activating group) is 1. The quantitative estimate of drug-likeness (QED) is 0.921. The molecule has 2 aromatic rings. The van der Waals surface area contributed by atoms with Crippen molar-refractivity contribution < 1.29 is 4.79 Å². The van der Waals surface area contributed by atoms with E-state index >= 15 is 0 Å². The first kappa shape index (κ1) is 15.4. The van der Waals surface area contributed by atoms with Gasteiger partial charge in [0.1, 0.15) is 6.04 Å². The Labute approximate surface area is 130 Å². The van der Waals surface area contributed by atoms with Gasteiger partial charge >= 0.3 is 0 Å². The number of hydrogen-bond acceptors (Lipinski definition) is 2. The highest BCUT2D eigenvalue weighted by molar-refractivity contribution is 6.31. The SMILES string of the molecule is Cc1ccc(N[C@@H](C)C(=O)N(C)c2ccccc2)cc1Cl. The normalized spacial score (nSPS) is 11.8. The molecule has 0 fully saturated rings. The zero-order chi connectivity index (χ0) is 15.4. The van der Waals surface area contributed by atoms with Crippen LogP contribution in [0.1, 0.15) is 12.5 Å². The lowest BCUT2D eigenvalue weighted by atomic mass is 10.2. The van der Waals surface area contributed by atoms with Gasteiger partial charge in [0.05, 0.1) is 0 Å². The predicted octanol–water partition coefficient (Wildman–Crippen LogP) is 4.11. The molecule has 1 atom stereocenters. The van der Waals surface area contributed by atoms with E-state index < -0.39 is 0 Å². The molecule has 2 rings (SSSR count). The van der Waals surface area contributed by atoms with Crippen LogP contribution in [0.4, 0.5) is 11.4 Å². The van der Waals surface area contributed by atoms with Gasteiger partial charge in [-0.1, -0.05) is 35.9 Å². The third-order valence-corrected chi connectivity index (χ3v) is 3.81. The first-order valence-electron chi connectivity index (χ1n) is 6.84. The first-order valence-corrected chi connectivity index (χ1v) is 7.22. The molecule has 0 aromatic heterocycles. The Morgan fingerprint density at radius 3 is 2.48 bits per heavy atom. The Hall–Kier alpha value is -2.00. The second kappa shape index (κ2) is 6.64. The van der Waals surface area contributed by atoms with E-state index in [0.717, 1.165) is 16.9 Å². The van der Waals surface area contributed by atoms with Gasteiger partial charge in [0.2, 0.25) is 5.91 Å². The second-order valence-electron chi connectivity index (χ2n) is 5.06. The molecule has 1 amide bonds. The minimum Gasteiger partial charge on any atom is -0.374 e. The van der Waals surface area contributed by atoms with Crippen molar-refractivity contribution in [1.82, 2.24) is 0 Å². The number of nitrogens with one attached hydrogen (secondary N) is 1. The van der Waals surface area contributed by atoms with Gasteiger partial charge in [0.15, 0.2) is 0 Å². The van der Waals surface area contributed by atoms with Crippen LogP contribution in [0.2, 0.25) is 5.02 Å². The number of benzene rings is 2. The molecule has 3 nitrogen and oxygen atoms in total. The number of amides is 1. The summed E-state index contributed by atoms with van der Waals surface area (Å²) < 4.78 is 0. The summed E-state index contributed by atoms with van der Waals surface area (Å²) in [5.74, 6) is -0.00195. The van der Waals surface area contributed by atoms with E-state index in [1.165, 1.54) is 0 Å². The first-order chi connectivity index (χ1) is 9.99. The highest BCUT2D eigenvalue weighted by atomic mass is 35.5. The van der Waals surface area contributed by atoms with Crippen molar-refractivity contribution in [3.63, 3.8) is 0 Å². The summed E-state index contributed by atoms with van der Waals surface area (Å²) >= 11 is 6.10. The Kier molecular flexibility index (Phi) is 4.86. The fourth-order valence-corrected chi connectivity index (χ4v) is 2.24. The maximum Gasteiger partial charge on any atom is 0.248 e. The van der Waals surface area contributed by atoms with Crippen LogP contribution in [0.25, 0.3) is 0 Å². The molecule has 0 bridgehead atoms. The Morgan fingerprint density at radius 2 is 1.86 bits per heavy atom. The lowest BCUT2D eigenvalue weighted by Crippen LogP contribution is -2.39. The number of para-hydroxylation sites is 1. The van der Waals surface area contributed by atoms with Gasteiger partial charge in [-0.05, 0) is 43.7 Å². The molecular formula is C17H19ClN2O. The van der Waals surface area contributed by atoms with E-state index in [1.807, 2.05) is 62.4 Å². The summed E-state index contributed by atoms with van der Waals surface area (Å²) in [6.45, 7) is 3.79. The van der Waals surface area contributed by atoms with E-state index in [-0.39, 0.29) is 11.9 Å². The lowest BCUT2D eigenvalue weighted by Gasteiger charge is -2.23. The standard InChI is InChI=1S/C17H19ClN2O/c1-12-9-10-14(11-16(12)18)19-13(2)17(21)20(3)15-7-5-4-6-8-15/h4-11,13,19H,1-3H3/t13-/m0/s1. The van der Waals surface area contributed by atoms with E-state index in [0.29, 0.717) is 5.02 Å². The molecule has 0 saturated heterocycles. The van der Waals surface area contributed by atoms with Crippen molar-refractivity contribution in [2.45, 2.75) is 19.9 Å². The number of carbonyl (C=O) groups is 1. The number of rotatable bonds is 4. The molecule has 4 heteroatoms. The predicted molar refractivity (Wildman–Crippen MR) is 89.1 cm³/mol. The number of halogens is 1. The average Bonchev–Trinajstić information content (AvgIpc) is 2.50. The van der Waals surface area contributed by atoms with Crippen molar-refractivity contribution in [2.75, 3.05) is 17.3 Å². The fourth-order valence-electron chi connectivity index (χ4n) is 2.06. The number of anilines is 2. The summed E-state index contributed by atoms with van der Waals surface area (Å²) in [6.07, 6.45) is 0. The Bertz CT molecular complexity index is 628. The smallest absolute Gasteiger partial charge is 0.248 e. The van der Waals surface area contributed by atoms with Crippen LogP contribution in [0.15, 0.2) is 48.5 Å². The van der Waals surface area contributed by atoms with Crippen molar-refractivity contribution in [1.29, 1.82) is 0 Å². The summed E-state index contributed by atoms with van der Waals surface area (Å²) in [6, 6.07) is 14.9. The molecule has 0 aliphatic heterocycles. The molecule has 0 heterocycles. The van der Waals surface area contributed by atoms with Gasteiger partial charge in [-0.2, -0.15) is 0 Å². The van der Waals surface area contributed by atoms with E-state index in [4.69, 9.17) is 11.6 Å². The number of hydrogen-bond donors (Lipinski definition) is 1. The van der Waals surface area contributed by atoms with Gasteiger partial charge in [0.25, 0.3) is 0 Å². The molecule has 110 valence electrons. The minimum absolute atomic E-state index is 0.00195. The van der Waals surface area contributed by atoms with Gasteiger partial charge in [-0.15, -0.1) is 0 Å². The second-order valence-corrected chi connectivity index (χ2v) is 5.47. The average molecular weight is 303 g/mol. The summed E-state index contributed by atoms with van der Waals surface area (Å²) in [7, 11) is 1.78. The monoisotopic (exact) mass is 302 g/mol.